The van der Waals surface area contributed by atoms with Gasteiger partial charge >= 0.3 is 5.97 Å². The summed E-state index contributed by atoms with van der Waals surface area (Å²) in [6.07, 6.45) is 5.18. The van der Waals surface area contributed by atoms with Gasteiger partial charge in [-0.1, -0.05) is 23.7 Å². The van der Waals surface area contributed by atoms with Crippen LogP contribution in [0.5, 0.6) is 0 Å². The van der Waals surface area contributed by atoms with E-state index in [4.69, 9.17) is 16.7 Å². The number of halogens is 1. The number of aromatic nitrogens is 1. The Balaban J connectivity index is 1.26. The number of piperazine rings is 1. The van der Waals surface area contributed by atoms with Crippen molar-refractivity contribution in [1.82, 2.24) is 19.5 Å². The second-order valence-electron chi connectivity index (χ2n) is 10.8. The van der Waals surface area contributed by atoms with Crippen LogP contribution in [0.25, 0.3) is 10.8 Å². The highest BCUT2D eigenvalue weighted by molar-refractivity contribution is 7.89. The number of nitrogens with zero attached hydrogens (tertiary/aromatic N) is 4. The molecule has 2 aliphatic heterocycles. The van der Waals surface area contributed by atoms with Crippen molar-refractivity contribution in [3.05, 3.63) is 65.9 Å². The number of rotatable bonds is 10. The number of amides is 1. The quantitative estimate of drug-likeness (QED) is 0.341. The molecular formula is C29H34ClN5O5S. The summed E-state index contributed by atoms with van der Waals surface area (Å²) in [4.78, 5) is 32.7. The Kier molecular flexibility index (Phi) is 8.79. The van der Waals surface area contributed by atoms with Gasteiger partial charge in [0, 0.05) is 74.3 Å². The maximum absolute atomic E-state index is 13.5. The second kappa shape index (κ2) is 12.3. The minimum atomic E-state index is -3.86. The van der Waals surface area contributed by atoms with Gasteiger partial charge in [-0.25, -0.2) is 8.42 Å². The van der Waals surface area contributed by atoms with Crippen molar-refractivity contribution in [2.24, 2.45) is 5.41 Å². The molecule has 3 aromatic rings. The van der Waals surface area contributed by atoms with Crippen LogP contribution < -0.4 is 10.2 Å². The second-order valence-corrected chi connectivity index (χ2v) is 13.2. The molecule has 218 valence electrons. The Morgan fingerprint density at radius 3 is 2.41 bits per heavy atom. The monoisotopic (exact) mass is 599 g/mol. The lowest BCUT2D eigenvalue weighted by Crippen LogP contribution is -2.57. The molecule has 10 nitrogen and oxygen atoms in total. The van der Waals surface area contributed by atoms with E-state index in [0.717, 1.165) is 42.4 Å². The standard InChI is InChI=1S/C29H34ClN5O5S/c30-24-3-1-23-18-26(4-2-22(23)17-24)41(39,40)35-16-15-34(27(36)19-35)21-29(20-32-12-7-28(37)38)8-13-33(14-9-29)25-5-10-31-11-6-25/h1-6,10-11,17-18,32H,7-9,12-16,19-21H2,(H,37,38). The Labute approximate surface area is 244 Å². The average molecular weight is 600 g/mol. The highest BCUT2D eigenvalue weighted by Gasteiger charge is 2.40. The van der Waals surface area contributed by atoms with E-state index in [9.17, 15) is 18.0 Å². The Bertz CT molecular complexity index is 1510. The van der Waals surface area contributed by atoms with Crippen LogP contribution in [0.15, 0.2) is 65.8 Å². The number of piperidine rings is 1. The van der Waals surface area contributed by atoms with Crippen molar-refractivity contribution in [1.29, 1.82) is 0 Å². The van der Waals surface area contributed by atoms with Gasteiger partial charge in [-0.15, -0.1) is 0 Å². The summed E-state index contributed by atoms with van der Waals surface area (Å²) in [5.41, 5.74) is 0.845. The molecule has 1 aromatic heterocycles. The van der Waals surface area contributed by atoms with Crippen molar-refractivity contribution in [2.45, 2.75) is 24.2 Å². The Morgan fingerprint density at radius 2 is 1.71 bits per heavy atom. The number of benzene rings is 2. The summed E-state index contributed by atoms with van der Waals surface area (Å²) in [7, 11) is -3.86. The topological polar surface area (TPSA) is 123 Å². The number of fused-ring (bicyclic) bond motifs is 1. The number of carbonyl (C=O) groups excluding carboxylic acids is 1. The molecule has 0 spiro atoms. The molecule has 2 saturated heterocycles. The third-order valence-corrected chi connectivity index (χ3v) is 10.2. The lowest BCUT2D eigenvalue weighted by atomic mass is 9.77. The first-order chi connectivity index (χ1) is 19.6. The molecule has 41 heavy (non-hydrogen) atoms. The third kappa shape index (κ3) is 6.81. The number of pyridine rings is 1. The van der Waals surface area contributed by atoms with E-state index in [2.05, 4.69) is 15.2 Å². The van der Waals surface area contributed by atoms with Crippen LogP contribution in [0, 0.1) is 5.41 Å². The summed E-state index contributed by atoms with van der Waals surface area (Å²) in [6.45, 7) is 3.29. The van der Waals surface area contributed by atoms with Crippen LogP contribution in [0.2, 0.25) is 5.02 Å². The van der Waals surface area contributed by atoms with Crippen molar-refractivity contribution in [3.63, 3.8) is 0 Å². The van der Waals surface area contributed by atoms with Crippen molar-refractivity contribution < 1.29 is 23.1 Å². The van der Waals surface area contributed by atoms with Crippen LogP contribution in [-0.4, -0.2) is 91.9 Å². The molecule has 1 amide bonds. The predicted molar refractivity (Wildman–Crippen MR) is 158 cm³/mol. The van der Waals surface area contributed by atoms with Crippen LogP contribution in [-0.2, 0) is 19.6 Å². The van der Waals surface area contributed by atoms with Crippen molar-refractivity contribution >= 4 is 50.0 Å². The highest BCUT2D eigenvalue weighted by Crippen LogP contribution is 2.35. The normalized spacial score (nSPS) is 18.1. The summed E-state index contributed by atoms with van der Waals surface area (Å²) in [5, 5.41) is 14.5. The van der Waals surface area contributed by atoms with Crippen molar-refractivity contribution in [3.8, 4) is 0 Å². The van der Waals surface area contributed by atoms with Gasteiger partial charge < -0.3 is 20.2 Å². The van der Waals surface area contributed by atoms with Gasteiger partial charge in [-0.05, 0) is 60.0 Å². The van der Waals surface area contributed by atoms with E-state index in [-0.39, 0.29) is 35.7 Å². The summed E-state index contributed by atoms with van der Waals surface area (Å²) < 4.78 is 28.2. The van der Waals surface area contributed by atoms with Gasteiger partial charge in [-0.3, -0.25) is 14.6 Å². The van der Waals surface area contributed by atoms with Gasteiger partial charge in [0.15, 0.2) is 0 Å². The largest absolute Gasteiger partial charge is 0.481 e. The molecule has 12 heteroatoms. The van der Waals surface area contributed by atoms with Gasteiger partial charge in [0.05, 0.1) is 17.9 Å². The average Bonchev–Trinajstić information content (AvgIpc) is 2.97. The van der Waals surface area contributed by atoms with Gasteiger partial charge in [-0.2, -0.15) is 4.31 Å². The SMILES string of the molecule is O=C(O)CCNCC1(CN2CCN(S(=O)(=O)c3ccc4cc(Cl)ccc4c3)CC2=O)CCN(c2ccncc2)CC1. The molecule has 0 bridgehead atoms. The third-order valence-electron chi connectivity index (χ3n) is 8.09. The lowest BCUT2D eigenvalue weighted by molar-refractivity contribution is -0.137. The number of hydrogen-bond donors (Lipinski definition) is 2. The van der Waals surface area contributed by atoms with Gasteiger partial charge in [0.1, 0.15) is 0 Å². The molecule has 2 fully saturated rings. The van der Waals surface area contributed by atoms with E-state index < -0.39 is 16.0 Å². The van der Waals surface area contributed by atoms with Crippen molar-refractivity contribution in [2.75, 3.05) is 57.3 Å². The maximum Gasteiger partial charge on any atom is 0.304 e. The maximum atomic E-state index is 13.5. The van der Waals surface area contributed by atoms with E-state index in [1.54, 1.807) is 53.7 Å². The molecular weight excluding hydrogens is 566 g/mol. The number of carboxylic acid groups (broad SMARTS) is 1. The van der Waals surface area contributed by atoms with Gasteiger partial charge in [0.25, 0.3) is 0 Å². The molecule has 5 rings (SSSR count). The Morgan fingerprint density at radius 1 is 1.00 bits per heavy atom. The zero-order valence-electron chi connectivity index (χ0n) is 22.7. The molecule has 3 heterocycles. The van der Waals surface area contributed by atoms with Gasteiger partial charge in [0.2, 0.25) is 15.9 Å². The number of carboxylic acids is 1. The fraction of sp³-hybridized carbons (Fsp3) is 0.414. The molecule has 2 aliphatic rings. The van der Waals surface area contributed by atoms with Crippen LogP contribution in [0.1, 0.15) is 19.3 Å². The Hall–Kier alpha value is -3.25. The number of nitrogens with one attached hydrogen (secondary N) is 1. The number of hydrogen-bond acceptors (Lipinski definition) is 7. The first-order valence-corrected chi connectivity index (χ1v) is 15.5. The fourth-order valence-electron chi connectivity index (χ4n) is 5.70. The zero-order valence-corrected chi connectivity index (χ0v) is 24.3. The zero-order chi connectivity index (χ0) is 29.0. The van der Waals surface area contributed by atoms with E-state index in [0.29, 0.717) is 31.2 Å². The number of aliphatic carboxylic acids is 1. The van der Waals surface area contributed by atoms with E-state index >= 15 is 0 Å². The molecule has 2 N–H and O–H groups in total. The smallest absolute Gasteiger partial charge is 0.304 e. The molecule has 0 radical (unpaired) electrons. The lowest BCUT2D eigenvalue weighted by Gasteiger charge is -2.46. The number of sulfonamides is 1. The van der Waals surface area contributed by atoms with Crippen LogP contribution in [0.3, 0.4) is 0 Å². The van der Waals surface area contributed by atoms with Crippen LogP contribution >= 0.6 is 11.6 Å². The van der Waals surface area contributed by atoms with E-state index in [1.165, 1.54) is 4.31 Å². The summed E-state index contributed by atoms with van der Waals surface area (Å²) in [6, 6.07) is 14.1. The molecule has 0 unspecified atom stereocenters. The van der Waals surface area contributed by atoms with E-state index in [1.807, 2.05) is 12.1 Å². The number of carbonyl (C=O) groups is 2. The summed E-state index contributed by atoms with van der Waals surface area (Å²) in [5.74, 6) is -1.09. The van der Waals surface area contributed by atoms with Crippen LogP contribution in [0.4, 0.5) is 5.69 Å². The summed E-state index contributed by atoms with van der Waals surface area (Å²) >= 11 is 6.06. The number of anilines is 1. The minimum Gasteiger partial charge on any atom is -0.481 e. The molecule has 0 atom stereocenters. The molecule has 0 saturated carbocycles. The molecule has 0 aliphatic carbocycles. The minimum absolute atomic E-state index is 0.0243. The fourth-order valence-corrected chi connectivity index (χ4v) is 7.30. The molecule has 2 aromatic carbocycles. The first-order valence-electron chi connectivity index (χ1n) is 13.7. The predicted octanol–water partition coefficient (Wildman–Crippen LogP) is 3.07. The highest BCUT2D eigenvalue weighted by atomic mass is 35.5. The first kappa shape index (κ1) is 29.2.